The molecule has 5 heteroatoms. The Hall–Kier alpha value is -3.18. The maximum absolute atomic E-state index is 13.9. The monoisotopic (exact) mass is 393 g/mol. The van der Waals surface area contributed by atoms with Crippen molar-refractivity contribution >= 4 is 11.6 Å². The number of quaternary nitrogens is 1. The first-order valence-electron chi connectivity index (χ1n) is 9.59. The summed E-state index contributed by atoms with van der Waals surface area (Å²) in [6.45, 7) is 2.39. The predicted octanol–water partition coefficient (Wildman–Crippen LogP) is 3.54. The van der Waals surface area contributed by atoms with Gasteiger partial charge in [-0.2, -0.15) is 0 Å². The van der Waals surface area contributed by atoms with Crippen LogP contribution in [0.25, 0.3) is 11.1 Å². The summed E-state index contributed by atoms with van der Waals surface area (Å²) in [6.07, 6.45) is 0. The lowest BCUT2D eigenvalue weighted by Gasteiger charge is -2.22. The van der Waals surface area contributed by atoms with Crippen molar-refractivity contribution in [1.29, 1.82) is 0 Å². The Morgan fingerprint density at radius 1 is 1.07 bits per heavy atom. The first-order valence-corrected chi connectivity index (χ1v) is 9.59. The zero-order valence-electron chi connectivity index (χ0n) is 16.9. The van der Waals surface area contributed by atoms with Gasteiger partial charge >= 0.3 is 0 Å². The fraction of sp³-hybridized carbons (Fsp3) is 0.208. The van der Waals surface area contributed by atoms with Gasteiger partial charge in [0.2, 0.25) is 0 Å². The molecule has 0 saturated carbocycles. The zero-order chi connectivity index (χ0) is 20.8. The topological polar surface area (TPSA) is 42.8 Å². The number of likely N-dealkylation sites (N-methyl/N-ethyl adjacent to an activating group) is 1. The van der Waals surface area contributed by atoms with Crippen molar-refractivity contribution in [2.75, 3.05) is 19.5 Å². The molecule has 29 heavy (non-hydrogen) atoms. The van der Waals surface area contributed by atoms with E-state index in [1.165, 1.54) is 13.2 Å². The molecule has 0 heterocycles. The Bertz CT molecular complexity index is 976. The number of anilines is 1. The Labute approximate surface area is 170 Å². The Kier molecular flexibility index (Phi) is 6.62. The van der Waals surface area contributed by atoms with Gasteiger partial charge in [0.15, 0.2) is 17.6 Å². The van der Waals surface area contributed by atoms with E-state index >= 15 is 0 Å². The van der Waals surface area contributed by atoms with Gasteiger partial charge in [-0.1, -0.05) is 48.5 Å². The van der Waals surface area contributed by atoms with Crippen molar-refractivity contribution in [3.05, 3.63) is 84.2 Å². The lowest BCUT2D eigenvalue weighted by atomic mass is 10.0. The van der Waals surface area contributed by atoms with Gasteiger partial charge in [-0.05, 0) is 36.8 Å². The molecule has 150 valence electrons. The molecule has 0 bridgehead atoms. The van der Waals surface area contributed by atoms with Gasteiger partial charge in [-0.3, -0.25) is 4.79 Å². The van der Waals surface area contributed by atoms with Crippen molar-refractivity contribution in [3.63, 3.8) is 0 Å². The SMILES string of the molecule is COc1ccc(C[NH+](C)[C@@H](C)C(=O)Nc2ccccc2-c2ccccc2)cc1F. The van der Waals surface area contributed by atoms with Gasteiger partial charge in [0.25, 0.3) is 5.91 Å². The highest BCUT2D eigenvalue weighted by Crippen LogP contribution is 2.27. The fourth-order valence-corrected chi connectivity index (χ4v) is 3.22. The molecule has 0 fully saturated rings. The van der Waals surface area contributed by atoms with Gasteiger partial charge in [-0.25, -0.2) is 4.39 Å². The minimum atomic E-state index is -0.397. The van der Waals surface area contributed by atoms with Gasteiger partial charge in [0.1, 0.15) is 6.54 Å². The number of rotatable bonds is 7. The van der Waals surface area contributed by atoms with E-state index in [0.29, 0.717) is 6.54 Å². The van der Waals surface area contributed by atoms with E-state index < -0.39 is 5.82 Å². The highest BCUT2D eigenvalue weighted by molar-refractivity contribution is 5.97. The number of ether oxygens (including phenoxy) is 1. The zero-order valence-corrected chi connectivity index (χ0v) is 16.9. The smallest absolute Gasteiger partial charge is 0.282 e. The van der Waals surface area contributed by atoms with E-state index in [-0.39, 0.29) is 17.7 Å². The molecule has 3 aromatic rings. The highest BCUT2D eigenvalue weighted by atomic mass is 19.1. The second kappa shape index (κ2) is 9.34. The highest BCUT2D eigenvalue weighted by Gasteiger charge is 2.23. The summed E-state index contributed by atoms with van der Waals surface area (Å²) in [7, 11) is 3.37. The molecule has 0 saturated heterocycles. The molecule has 1 unspecified atom stereocenters. The molecule has 0 aliphatic carbocycles. The van der Waals surface area contributed by atoms with E-state index in [9.17, 15) is 9.18 Å². The van der Waals surface area contributed by atoms with Crippen molar-refractivity contribution in [2.24, 2.45) is 0 Å². The molecule has 0 spiro atoms. The van der Waals surface area contributed by atoms with Crippen LogP contribution in [-0.4, -0.2) is 26.1 Å². The summed E-state index contributed by atoms with van der Waals surface area (Å²) in [5.41, 5.74) is 3.61. The minimum Gasteiger partial charge on any atom is -0.494 e. The molecule has 0 aliphatic rings. The largest absolute Gasteiger partial charge is 0.494 e. The molecule has 0 radical (unpaired) electrons. The number of amides is 1. The molecule has 1 amide bonds. The average Bonchev–Trinajstić information content (AvgIpc) is 2.74. The lowest BCUT2D eigenvalue weighted by molar-refractivity contribution is -0.907. The summed E-state index contributed by atoms with van der Waals surface area (Å²) in [5, 5.41) is 3.05. The van der Waals surface area contributed by atoms with E-state index in [2.05, 4.69) is 5.32 Å². The quantitative estimate of drug-likeness (QED) is 0.645. The predicted molar refractivity (Wildman–Crippen MR) is 114 cm³/mol. The maximum atomic E-state index is 13.9. The van der Waals surface area contributed by atoms with Crippen LogP contribution in [-0.2, 0) is 11.3 Å². The standard InChI is InChI=1S/C24H25FN2O2/c1-17(27(2)16-18-13-14-23(29-3)21(25)15-18)24(28)26-22-12-8-7-11-20(22)19-9-5-4-6-10-19/h4-15,17H,16H2,1-3H3,(H,26,28)/p+1/t17-/m0/s1. The van der Waals surface area contributed by atoms with Crippen LogP contribution in [0.5, 0.6) is 5.75 Å². The molecule has 2 atom stereocenters. The first kappa shape index (κ1) is 20.6. The first-order chi connectivity index (χ1) is 14.0. The van der Waals surface area contributed by atoms with Crippen molar-refractivity contribution in [1.82, 2.24) is 0 Å². The fourth-order valence-electron chi connectivity index (χ4n) is 3.22. The van der Waals surface area contributed by atoms with E-state index in [1.807, 2.05) is 74.6 Å². The summed E-state index contributed by atoms with van der Waals surface area (Å²) in [4.78, 5) is 13.8. The molecule has 0 aromatic heterocycles. The molecular weight excluding hydrogens is 367 g/mol. The average molecular weight is 393 g/mol. The number of halogens is 1. The maximum Gasteiger partial charge on any atom is 0.282 e. The van der Waals surface area contributed by atoms with Crippen LogP contribution in [0.3, 0.4) is 0 Å². The van der Waals surface area contributed by atoms with Gasteiger partial charge in [0.05, 0.1) is 14.2 Å². The Balaban J connectivity index is 1.70. The minimum absolute atomic E-state index is 0.0835. The number of nitrogens with one attached hydrogen (secondary N) is 2. The molecule has 2 N–H and O–H groups in total. The van der Waals surface area contributed by atoms with E-state index in [4.69, 9.17) is 4.74 Å². The second-order valence-corrected chi connectivity index (χ2v) is 7.11. The van der Waals surface area contributed by atoms with Crippen LogP contribution in [0.1, 0.15) is 12.5 Å². The third kappa shape index (κ3) is 5.00. The number of para-hydroxylation sites is 1. The molecule has 4 nitrogen and oxygen atoms in total. The van der Waals surface area contributed by atoms with Gasteiger partial charge in [-0.15, -0.1) is 0 Å². The van der Waals surface area contributed by atoms with Crippen LogP contribution >= 0.6 is 0 Å². The van der Waals surface area contributed by atoms with Crippen LogP contribution in [0.15, 0.2) is 72.8 Å². The molecular formula is C24H26FN2O2+. The van der Waals surface area contributed by atoms with Gasteiger partial charge in [0, 0.05) is 16.8 Å². The van der Waals surface area contributed by atoms with Crippen molar-refractivity contribution in [3.8, 4) is 16.9 Å². The summed E-state index contributed by atoms with van der Waals surface area (Å²) in [5.74, 6) is -0.263. The number of hydrogen-bond donors (Lipinski definition) is 2. The Morgan fingerprint density at radius 2 is 1.76 bits per heavy atom. The lowest BCUT2D eigenvalue weighted by Crippen LogP contribution is -3.12. The number of carbonyl (C=O) groups is 1. The molecule has 3 aromatic carbocycles. The molecule has 3 rings (SSSR count). The normalized spacial score (nSPS) is 12.8. The van der Waals surface area contributed by atoms with Crippen LogP contribution < -0.4 is 15.0 Å². The van der Waals surface area contributed by atoms with Crippen molar-refractivity contribution < 1.29 is 18.8 Å². The number of hydrogen-bond acceptors (Lipinski definition) is 2. The van der Waals surface area contributed by atoms with Crippen LogP contribution in [0.4, 0.5) is 10.1 Å². The summed E-state index contributed by atoms with van der Waals surface area (Å²) in [6, 6.07) is 22.3. The Morgan fingerprint density at radius 3 is 2.45 bits per heavy atom. The third-order valence-corrected chi connectivity index (χ3v) is 5.10. The summed E-state index contributed by atoms with van der Waals surface area (Å²) >= 11 is 0. The van der Waals surface area contributed by atoms with Crippen molar-refractivity contribution in [2.45, 2.75) is 19.5 Å². The van der Waals surface area contributed by atoms with E-state index in [0.717, 1.165) is 27.3 Å². The summed E-state index contributed by atoms with van der Waals surface area (Å²) < 4.78 is 18.9. The molecule has 0 aliphatic heterocycles. The third-order valence-electron chi connectivity index (χ3n) is 5.10. The van der Waals surface area contributed by atoms with Crippen LogP contribution in [0.2, 0.25) is 0 Å². The number of benzene rings is 3. The number of carbonyl (C=O) groups excluding carboxylic acids is 1. The second-order valence-electron chi connectivity index (χ2n) is 7.11. The van der Waals surface area contributed by atoms with Crippen LogP contribution in [0, 0.1) is 5.82 Å². The number of methoxy groups -OCH3 is 1. The van der Waals surface area contributed by atoms with E-state index in [1.54, 1.807) is 6.07 Å². The van der Waals surface area contributed by atoms with Gasteiger partial charge < -0.3 is 15.0 Å².